The van der Waals surface area contributed by atoms with E-state index in [1.54, 1.807) is 25.1 Å². The Balaban J connectivity index is 2.22. The van der Waals surface area contributed by atoms with Crippen LogP contribution in [0.5, 0.6) is 0 Å². The Morgan fingerprint density at radius 2 is 2.11 bits per heavy atom. The fraction of sp³-hybridized carbons (Fsp3) is 0.368. The van der Waals surface area contributed by atoms with Crippen molar-refractivity contribution in [1.29, 1.82) is 0 Å². The first kappa shape index (κ1) is 21.8. The number of hydroxylamine groups is 1. The molecule has 2 N–H and O–H groups in total. The number of benzene rings is 1. The van der Waals surface area contributed by atoms with Crippen molar-refractivity contribution in [2.45, 2.75) is 31.6 Å². The van der Waals surface area contributed by atoms with Gasteiger partial charge in [-0.2, -0.15) is 0 Å². The van der Waals surface area contributed by atoms with Gasteiger partial charge in [0, 0.05) is 30.5 Å². The summed E-state index contributed by atoms with van der Waals surface area (Å²) in [5, 5.41) is 8.88. The number of sulfone groups is 1. The molecular weight excluding hydrogens is 387 g/mol. The minimum absolute atomic E-state index is 0.00991. The van der Waals surface area contributed by atoms with Gasteiger partial charge in [0.1, 0.15) is 5.83 Å². The van der Waals surface area contributed by atoms with Gasteiger partial charge in [-0.15, -0.1) is 0 Å². The zero-order chi connectivity index (χ0) is 21.3. The molecule has 1 aromatic rings. The maximum Gasteiger partial charge on any atom is 0.264 e. The minimum atomic E-state index is -3.85. The molecule has 0 saturated carbocycles. The summed E-state index contributed by atoms with van der Waals surface area (Å²) in [6.45, 7) is 6.65. The fourth-order valence-electron chi connectivity index (χ4n) is 3.00. The number of rotatable bonds is 7. The molecule has 1 aliphatic rings. The topological polar surface area (TPSA) is 104 Å². The molecule has 152 valence electrons. The third-order valence-electron chi connectivity index (χ3n) is 5.13. The van der Waals surface area contributed by atoms with Crippen molar-refractivity contribution in [3.63, 3.8) is 0 Å². The van der Waals surface area contributed by atoms with Gasteiger partial charge in [0.2, 0.25) is 0 Å². The van der Waals surface area contributed by atoms with Gasteiger partial charge in [-0.05, 0) is 43.5 Å². The van der Waals surface area contributed by atoms with Crippen molar-refractivity contribution in [1.82, 2.24) is 10.4 Å². The summed E-state index contributed by atoms with van der Waals surface area (Å²) in [7, 11) is -3.85. The molecule has 2 rings (SSSR count). The molecule has 0 unspecified atom stereocenters. The molecule has 0 aliphatic carbocycles. The first-order valence-corrected chi connectivity index (χ1v) is 10.4. The summed E-state index contributed by atoms with van der Waals surface area (Å²) in [5.74, 6) is -1.82. The summed E-state index contributed by atoms with van der Waals surface area (Å²) < 4.78 is 36.0. The number of nitrogens with zero attached hydrogens (tertiary/aromatic N) is 1. The number of allylic oxidation sites excluding steroid dienone is 3. The summed E-state index contributed by atoms with van der Waals surface area (Å²) >= 11 is 0. The van der Waals surface area contributed by atoms with Gasteiger partial charge < -0.3 is 4.90 Å². The molecule has 2 amide bonds. The smallest absolute Gasteiger partial charge is 0.264 e. The van der Waals surface area contributed by atoms with Crippen LogP contribution in [0.15, 0.2) is 36.7 Å². The molecule has 0 saturated heterocycles. The largest absolute Gasteiger partial charge is 0.334 e. The highest BCUT2D eigenvalue weighted by Gasteiger charge is 2.44. The van der Waals surface area contributed by atoms with Crippen molar-refractivity contribution < 1.29 is 27.6 Å². The molecule has 1 atom stereocenters. The molecule has 1 aliphatic heterocycles. The van der Waals surface area contributed by atoms with Crippen LogP contribution in [0.2, 0.25) is 0 Å². The summed E-state index contributed by atoms with van der Waals surface area (Å²) in [5.41, 5.74) is 3.24. The molecular formula is C19H23FN2O5S. The van der Waals surface area contributed by atoms with Crippen LogP contribution in [0, 0.1) is 0 Å². The number of nitrogens with one attached hydrogen (secondary N) is 1. The van der Waals surface area contributed by atoms with E-state index in [1.165, 1.54) is 23.4 Å². The van der Waals surface area contributed by atoms with Crippen LogP contribution >= 0.6 is 0 Å². The zero-order valence-electron chi connectivity index (χ0n) is 16.0. The lowest BCUT2D eigenvalue weighted by Crippen LogP contribution is -2.50. The van der Waals surface area contributed by atoms with E-state index < -0.39 is 26.3 Å². The van der Waals surface area contributed by atoms with Gasteiger partial charge in [0.05, 0.1) is 0 Å². The second-order valence-electron chi connectivity index (χ2n) is 6.91. The molecule has 0 radical (unpaired) electrons. The van der Waals surface area contributed by atoms with Gasteiger partial charge in [-0.25, -0.2) is 18.3 Å². The quantitative estimate of drug-likeness (QED) is 0.408. The van der Waals surface area contributed by atoms with Crippen molar-refractivity contribution in [3.05, 3.63) is 53.4 Å². The maximum absolute atomic E-state index is 13.8. The highest BCUT2D eigenvalue weighted by molar-refractivity contribution is 7.92. The van der Waals surface area contributed by atoms with Crippen LogP contribution < -0.4 is 5.48 Å². The third kappa shape index (κ3) is 3.85. The molecule has 7 nitrogen and oxygen atoms in total. The number of amides is 2. The summed E-state index contributed by atoms with van der Waals surface area (Å²) in [6, 6.07) is 4.86. The Bertz CT molecular complexity index is 971. The molecule has 1 heterocycles. The van der Waals surface area contributed by atoms with E-state index in [9.17, 15) is 22.4 Å². The van der Waals surface area contributed by atoms with E-state index in [4.69, 9.17) is 5.21 Å². The second kappa shape index (κ2) is 7.84. The lowest BCUT2D eigenvalue weighted by Gasteiger charge is -2.27. The zero-order valence-corrected chi connectivity index (χ0v) is 16.8. The minimum Gasteiger partial charge on any atom is -0.334 e. The van der Waals surface area contributed by atoms with E-state index in [0.29, 0.717) is 16.7 Å². The first-order valence-electron chi connectivity index (χ1n) is 8.54. The van der Waals surface area contributed by atoms with Crippen LogP contribution in [0.1, 0.15) is 41.8 Å². The lowest BCUT2D eigenvalue weighted by molar-refractivity contribution is -0.131. The normalized spacial score (nSPS) is 16.5. The number of carbonyl (C=O) groups is 2. The second-order valence-corrected chi connectivity index (χ2v) is 9.35. The van der Waals surface area contributed by atoms with Crippen molar-refractivity contribution in [2.75, 3.05) is 12.8 Å². The summed E-state index contributed by atoms with van der Waals surface area (Å²) in [4.78, 5) is 25.9. The van der Waals surface area contributed by atoms with Crippen molar-refractivity contribution >= 4 is 27.2 Å². The number of halogens is 1. The SMILES string of the molecule is C=C(/C(F)=C\C)c1ccc2c(c1)CN(CC[C@](C)(C(=O)NO)S(C)(=O)=O)C2=O. The third-order valence-corrected chi connectivity index (χ3v) is 7.16. The van der Waals surface area contributed by atoms with E-state index in [0.717, 1.165) is 6.26 Å². The van der Waals surface area contributed by atoms with Crippen LogP contribution in [0.4, 0.5) is 4.39 Å². The van der Waals surface area contributed by atoms with Crippen LogP contribution in [0.3, 0.4) is 0 Å². The van der Waals surface area contributed by atoms with Crippen LogP contribution in [-0.4, -0.2) is 47.9 Å². The predicted octanol–water partition coefficient (Wildman–Crippen LogP) is 2.23. The molecule has 28 heavy (non-hydrogen) atoms. The van der Waals surface area contributed by atoms with E-state index in [2.05, 4.69) is 6.58 Å². The molecule has 0 aromatic heterocycles. The molecule has 0 spiro atoms. The van der Waals surface area contributed by atoms with Crippen molar-refractivity contribution in [3.8, 4) is 0 Å². The van der Waals surface area contributed by atoms with Gasteiger partial charge in [-0.1, -0.05) is 18.7 Å². The Hall–Kier alpha value is -2.52. The number of fused-ring (bicyclic) bond motifs is 1. The Labute approximate surface area is 163 Å². The Morgan fingerprint density at radius 3 is 2.64 bits per heavy atom. The predicted molar refractivity (Wildman–Crippen MR) is 103 cm³/mol. The lowest BCUT2D eigenvalue weighted by atomic mass is 10.0. The molecule has 1 aromatic carbocycles. The van der Waals surface area contributed by atoms with Gasteiger partial charge >= 0.3 is 0 Å². The monoisotopic (exact) mass is 410 g/mol. The van der Waals surface area contributed by atoms with Gasteiger partial charge in [0.25, 0.3) is 11.8 Å². The first-order chi connectivity index (χ1) is 13.0. The van der Waals surface area contributed by atoms with E-state index in [-0.39, 0.29) is 31.0 Å². The fourth-order valence-corrected chi connectivity index (χ4v) is 3.84. The average molecular weight is 410 g/mol. The average Bonchev–Trinajstić information content (AvgIpc) is 2.98. The van der Waals surface area contributed by atoms with E-state index >= 15 is 0 Å². The number of hydrogen-bond acceptors (Lipinski definition) is 5. The molecule has 9 heteroatoms. The highest BCUT2D eigenvalue weighted by Crippen LogP contribution is 2.30. The van der Waals surface area contributed by atoms with Crippen LogP contribution in [-0.2, 0) is 21.2 Å². The van der Waals surface area contributed by atoms with Crippen molar-refractivity contribution in [2.24, 2.45) is 0 Å². The van der Waals surface area contributed by atoms with Gasteiger partial charge in [0.15, 0.2) is 14.6 Å². The molecule has 0 bridgehead atoms. The number of carbonyl (C=O) groups excluding carboxylic acids is 2. The molecule has 0 fully saturated rings. The standard InChI is InChI=1S/C19H23FN2O5S/c1-5-16(20)12(2)13-6-7-15-14(10-13)11-22(17(15)23)9-8-19(3,18(24)21-25)28(4,26)27/h5-7,10,25H,2,8-9,11H2,1,3-4H3,(H,21,24)/b16-5+/t19-/m1/s1. The highest BCUT2D eigenvalue weighted by atomic mass is 32.2. The maximum atomic E-state index is 13.8. The summed E-state index contributed by atoms with van der Waals surface area (Å²) in [6.07, 6.45) is 2.01. The van der Waals surface area contributed by atoms with E-state index in [1.807, 2.05) is 0 Å². The Morgan fingerprint density at radius 1 is 1.46 bits per heavy atom. The van der Waals surface area contributed by atoms with Gasteiger partial charge in [-0.3, -0.25) is 14.8 Å². The number of hydrogen-bond donors (Lipinski definition) is 2. The van der Waals surface area contributed by atoms with Crippen LogP contribution in [0.25, 0.3) is 5.57 Å². The Kier molecular flexibility index (Phi) is 6.10.